The Bertz CT molecular complexity index is 311. The fourth-order valence-electron chi connectivity index (χ4n) is 2.56. The lowest BCUT2D eigenvalue weighted by Gasteiger charge is -2.31. The van der Waals surface area contributed by atoms with Gasteiger partial charge >= 0.3 is 0 Å². The zero-order chi connectivity index (χ0) is 13.5. The fraction of sp³-hybridized carbons (Fsp3) is 0.625. The summed E-state index contributed by atoms with van der Waals surface area (Å²) >= 11 is 0. The largest absolute Gasteiger partial charge is 0.330 e. The third-order valence-electron chi connectivity index (χ3n) is 3.62. The molecule has 0 radical (unpaired) electrons. The smallest absolute Gasteiger partial charge is 0.00412 e. The van der Waals surface area contributed by atoms with Crippen LogP contribution in [0.15, 0.2) is 30.3 Å². The van der Waals surface area contributed by atoms with Gasteiger partial charge in [-0.3, -0.25) is 4.90 Å². The van der Waals surface area contributed by atoms with Gasteiger partial charge in [0, 0.05) is 12.1 Å². The van der Waals surface area contributed by atoms with Crippen molar-refractivity contribution in [3.63, 3.8) is 0 Å². The van der Waals surface area contributed by atoms with E-state index in [1.54, 1.807) is 0 Å². The molecule has 0 saturated heterocycles. The van der Waals surface area contributed by atoms with Crippen molar-refractivity contribution in [3.8, 4) is 0 Å². The first kappa shape index (κ1) is 15.2. The Labute approximate surface area is 112 Å². The standard InChI is InChI=1S/C16H28N2/c1-13(2)18(14(3)4)11-10-16(12-17)15-8-6-5-7-9-15/h5-9,13-14,16H,10-12,17H2,1-4H3. The molecule has 0 aliphatic rings. The number of nitrogens with zero attached hydrogens (tertiary/aromatic N) is 1. The second-order valence-corrected chi connectivity index (χ2v) is 5.56. The first-order valence-corrected chi connectivity index (χ1v) is 7.07. The maximum absolute atomic E-state index is 5.92. The molecule has 1 aromatic carbocycles. The Morgan fingerprint density at radius 1 is 1.00 bits per heavy atom. The topological polar surface area (TPSA) is 29.3 Å². The Hall–Kier alpha value is -0.860. The molecule has 1 rings (SSSR count). The van der Waals surface area contributed by atoms with E-state index in [0.717, 1.165) is 19.5 Å². The molecule has 0 heterocycles. The zero-order valence-electron chi connectivity index (χ0n) is 12.3. The van der Waals surface area contributed by atoms with E-state index in [2.05, 4.69) is 62.9 Å². The normalized spacial score (nSPS) is 13.6. The SMILES string of the molecule is CC(C)N(CCC(CN)c1ccccc1)C(C)C. The highest BCUT2D eigenvalue weighted by atomic mass is 15.2. The average Bonchev–Trinajstić information content (AvgIpc) is 2.34. The summed E-state index contributed by atoms with van der Waals surface area (Å²) in [4.78, 5) is 2.53. The van der Waals surface area contributed by atoms with Crippen LogP contribution in [-0.2, 0) is 0 Å². The molecule has 18 heavy (non-hydrogen) atoms. The first-order chi connectivity index (χ1) is 8.56. The van der Waals surface area contributed by atoms with Gasteiger partial charge < -0.3 is 5.73 Å². The second-order valence-electron chi connectivity index (χ2n) is 5.56. The third-order valence-corrected chi connectivity index (χ3v) is 3.62. The van der Waals surface area contributed by atoms with Gasteiger partial charge in [0.1, 0.15) is 0 Å². The van der Waals surface area contributed by atoms with Crippen molar-refractivity contribution < 1.29 is 0 Å². The van der Waals surface area contributed by atoms with Gasteiger partial charge in [-0.2, -0.15) is 0 Å². The van der Waals surface area contributed by atoms with Crippen molar-refractivity contribution in [3.05, 3.63) is 35.9 Å². The predicted octanol–water partition coefficient (Wildman–Crippen LogP) is 3.24. The number of hydrogen-bond donors (Lipinski definition) is 1. The van der Waals surface area contributed by atoms with Gasteiger partial charge in [0.05, 0.1) is 0 Å². The Kier molecular flexibility index (Phi) is 6.37. The van der Waals surface area contributed by atoms with Gasteiger partial charge in [-0.25, -0.2) is 0 Å². The molecule has 1 atom stereocenters. The zero-order valence-corrected chi connectivity index (χ0v) is 12.3. The Morgan fingerprint density at radius 3 is 2.00 bits per heavy atom. The third kappa shape index (κ3) is 4.43. The average molecular weight is 248 g/mol. The molecule has 2 N–H and O–H groups in total. The van der Waals surface area contributed by atoms with Crippen molar-refractivity contribution in [1.82, 2.24) is 4.90 Å². The molecule has 0 aromatic heterocycles. The van der Waals surface area contributed by atoms with Gasteiger partial charge in [-0.1, -0.05) is 30.3 Å². The van der Waals surface area contributed by atoms with Crippen molar-refractivity contribution in [2.75, 3.05) is 13.1 Å². The maximum Gasteiger partial charge on any atom is 0.00412 e. The van der Waals surface area contributed by atoms with E-state index in [-0.39, 0.29) is 0 Å². The minimum atomic E-state index is 0.478. The van der Waals surface area contributed by atoms with Crippen LogP contribution in [0, 0.1) is 0 Å². The molecule has 0 bridgehead atoms. The molecule has 0 saturated carbocycles. The molecule has 0 aliphatic heterocycles. The molecule has 0 spiro atoms. The summed E-state index contributed by atoms with van der Waals surface area (Å²) in [6, 6.07) is 11.8. The van der Waals surface area contributed by atoms with Crippen LogP contribution in [0.1, 0.15) is 45.6 Å². The van der Waals surface area contributed by atoms with E-state index in [4.69, 9.17) is 5.73 Å². The molecule has 2 nitrogen and oxygen atoms in total. The Balaban J connectivity index is 2.59. The van der Waals surface area contributed by atoms with Crippen LogP contribution in [0.2, 0.25) is 0 Å². The van der Waals surface area contributed by atoms with Crippen LogP contribution >= 0.6 is 0 Å². The van der Waals surface area contributed by atoms with Gasteiger partial charge in [-0.05, 0) is 58.7 Å². The van der Waals surface area contributed by atoms with E-state index in [1.165, 1.54) is 5.56 Å². The van der Waals surface area contributed by atoms with E-state index >= 15 is 0 Å². The maximum atomic E-state index is 5.92. The molecule has 0 aliphatic carbocycles. The van der Waals surface area contributed by atoms with Crippen molar-refractivity contribution in [1.29, 1.82) is 0 Å². The molecule has 0 fully saturated rings. The number of hydrogen-bond acceptors (Lipinski definition) is 2. The summed E-state index contributed by atoms with van der Waals surface area (Å²) < 4.78 is 0. The minimum Gasteiger partial charge on any atom is -0.330 e. The van der Waals surface area contributed by atoms with Gasteiger partial charge in [0.2, 0.25) is 0 Å². The predicted molar refractivity (Wildman–Crippen MR) is 79.8 cm³/mol. The van der Waals surface area contributed by atoms with Gasteiger partial charge in [-0.15, -0.1) is 0 Å². The Morgan fingerprint density at radius 2 is 1.56 bits per heavy atom. The monoisotopic (exact) mass is 248 g/mol. The summed E-state index contributed by atoms with van der Waals surface area (Å²) in [5.74, 6) is 0.478. The van der Waals surface area contributed by atoms with Crippen LogP contribution in [0.3, 0.4) is 0 Å². The lowest BCUT2D eigenvalue weighted by Crippen LogP contribution is -2.38. The molecule has 2 heteroatoms. The van der Waals surface area contributed by atoms with Crippen LogP contribution in [0.25, 0.3) is 0 Å². The van der Waals surface area contributed by atoms with Crippen molar-refractivity contribution in [2.45, 2.75) is 52.1 Å². The minimum absolute atomic E-state index is 0.478. The molecule has 1 unspecified atom stereocenters. The van der Waals surface area contributed by atoms with Crippen molar-refractivity contribution in [2.24, 2.45) is 5.73 Å². The quantitative estimate of drug-likeness (QED) is 0.802. The summed E-state index contributed by atoms with van der Waals surface area (Å²) in [7, 11) is 0. The molecular formula is C16H28N2. The lowest BCUT2D eigenvalue weighted by atomic mass is 9.95. The molecule has 102 valence electrons. The highest BCUT2D eigenvalue weighted by Crippen LogP contribution is 2.19. The molecular weight excluding hydrogens is 220 g/mol. The summed E-state index contributed by atoms with van der Waals surface area (Å²) in [6.45, 7) is 10.9. The highest BCUT2D eigenvalue weighted by molar-refractivity contribution is 5.19. The summed E-state index contributed by atoms with van der Waals surface area (Å²) in [5, 5.41) is 0. The van der Waals surface area contributed by atoms with Crippen LogP contribution in [-0.4, -0.2) is 30.1 Å². The molecule has 0 amide bonds. The van der Waals surface area contributed by atoms with Gasteiger partial charge in [0.15, 0.2) is 0 Å². The highest BCUT2D eigenvalue weighted by Gasteiger charge is 2.16. The van der Waals surface area contributed by atoms with Crippen LogP contribution < -0.4 is 5.73 Å². The second kappa shape index (κ2) is 7.55. The van der Waals surface area contributed by atoms with E-state index in [0.29, 0.717) is 18.0 Å². The van der Waals surface area contributed by atoms with Crippen molar-refractivity contribution >= 4 is 0 Å². The number of nitrogens with two attached hydrogens (primary N) is 1. The molecule has 1 aromatic rings. The van der Waals surface area contributed by atoms with Gasteiger partial charge in [0.25, 0.3) is 0 Å². The summed E-state index contributed by atoms with van der Waals surface area (Å²) in [6.07, 6.45) is 1.14. The lowest BCUT2D eigenvalue weighted by molar-refractivity contribution is 0.169. The summed E-state index contributed by atoms with van der Waals surface area (Å²) in [5.41, 5.74) is 7.29. The first-order valence-electron chi connectivity index (χ1n) is 7.07. The van der Waals surface area contributed by atoms with Crippen LogP contribution in [0.4, 0.5) is 0 Å². The fourth-order valence-corrected chi connectivity index (χ4v) is 2.56. The van der Waals surface area contributed by atoms with Crippen LogP contribution in [0.5, 0.6) is 0 Å². The number of benzene rings is 1. The van der Waals surface area contributed by atoms with E-state index in [1.807, 2.05) is 0 Å². The van der Waals surface area contributed by atoms with E-state index < -0.39 is 0 Å². The number of rotatable bonds is 7. The van der Waals surface area contributed by atoms with E-state index in [9.17, 15) is 0 Å².